The first-order chi connectivity index (χ1) is 11.7. The van der Waals surface area contributed by atoms with Gasteiger partial charge in [0.05, 0.1) is 13.2 Å². The van der Waals surface area contributed by atoms with Crippen LogP contribution in [-0.2, 0) is 17.6 Å². The zero-order valence-electron chi connectivity index (χ0n) is 14.5. The van der Waals surface area contributed by atoms with Crippen LogP contribution >= 0.6 is 0 Å². The third-order valence-corrected chi connectivity index (χ3v) is 4.88. The fourth-order valence-corrected chi connectivity index (χ4v) is 3.49. The number of nitrogens with one attached hydrogen (secondary N) is 1. The Balaban J connectivity index is 1.59. The molecule has 2 aromatic carbocycles. The lowest BCUT2D eigenvalue weighted by molar-refractivity contribution is -0.121. The van der Waals surface area contributed by atoms with Crippen LogP contribution in [0.3, 0.4) is 0 Å². The number of hydrogen-bond acceptors (Lipinski definition) is 2. The van der Waals surface area contributed by atoms with Gasteiger partial charge < -0.3 is 10.1 Å². The maximum absolute atomic E-state index is 12.4. The molecule has 0 heterocycles. The zero-order valence-corrected chi connectivity index (χ0v) is 14.5. The number of benzene rings is 2. The Labute approximate surface area is 144 Å². The van der Waals surface area contributed by atoms with E-state index in [0.29, 0.717) is 6.42 Å². The molecule has 0 spiro atoms. The third-order valence-electron chi connectivity index (χ3n) is 4.88. The van der Waals surface area contributed by atoms with Gasteiger partial charge >= 0.3 is 0 Å². The number of amides is 1. The van der Waals surface area contributed by atoms with E-state index < -0.39 is 0 Å². The second-order valence-electron chi connectivity index (χ2n) is 6.50. The number of methoxy groups -OCH3 is 1. The van der Waals surface area contributed by atoms with Crippen LogP contribution in [0, 0.1) is 6.92 Å². The van der Waals surface area contributed by atoms with Gasteiger partial charge in [0.25, 0.3) is 0 Å². The summed E-state index contributed by atoms with van der Waals surface area (Å²) >= 11 is 0. The molecule has 1 aliphatic rings. The quantitative estimate of drug-likeness (QED) is 0.898. The Morgan fingerprint density at radius 2 is 2.08 bits per heavy atom. The molecular formula is C21H25NO2. The second kappa shape index (κ2) is 7.52. The summed E-state index contributed by atoms with van der Waals surface area (Å²) in [6.45, 7) is 2.06. The van der Waals surface area contributed by atoms with Gasteiger partial charge in [0.15, 0.2) is 0 Å². The maximum Gasteiger partial charge on any atom is 0.220 e. The van der Waals surface area contributed by atoms with E-state index in [1.54, 1.807) is 7.11 Å². The normalized spacial score (nSPS) is 16.3. The molecule has 1 aliphatic carbocycles. The summed E-state index contributed by atoms with van der Waals surface area (Å²) in [5.74, 6) is 0.992. The summed E-state index contributed by atoms with van der Waals surface area (Å²) in [5, 5.41) is 3.22. The Morgan fingerprint density at radius 3 is 2.88 bits per heavy atom. The van der Waals surface area contributed by atoms with Crippen LogP contribution in [-0.4, -0.2) is 13.0 Å². The smallest absolute Gasteiger partial charge is 0.220 e. The SMILES string of the molecule is COc1ccc(CCC(=O)NC2CCCc3ccccc32)c(C)c1. The molecule has 0 radical (unpaired) electrons. The standard InChI is InChI=1S/C21H25NO2/c1-15-14-18(24-2)12-10-16(15)11-13-21(23)22-20-9-5-7-17-6-3-4-8-19(17)20/h3-4,6,8,10,12,14,20H,5,7,9,11,13H2,1-2H3,(H,22,23). The minimum atomic E-state index is 0.131. The van der Waals surface area contributed by atoms with Gasteiger partial charge in [-0.15, -0.1) is 0 Å². The van der Waals surface area contributed by atoms with Crippen LogP contribution in [0.15, 0.2) is 42.5 Å². The van der Waals surface area contributed by atoms with E-state index in [9.17, 15) is 4.79 Å². The number of ether oxygens (including phenoxy) is 1. The average molecular weight is 323 g/mol. The molecule has 1 atom stereocenters. The monoisotopic (exact) mass is 323 g/mol. The summed E-state index contributed by atoms with van der Waals surface area (Å²) in [4.78, 5) is 12.4. The van der Waals surface area contributed by atoms with Crippen molar-refractivity contribution in [2.75, 3.05) is 7.11 Å². The van der Waals surface area contributed by atoms with Crippen LogP contribution in [0.25, 0.3) is 0 Å². The lowest BCUT2D eigenvalue weighted by Crippen LogP contribution is -2.31. The summed E-state index contributed by atoms with van der Waals surface area (Å²) in [6, 6.07) is 14.7. The largest absolute Gasteiger partial charge is 0.497 e. The first-order valence-electron chi connectivity index (χ1n) is 8.68. The molecule has 1 unspecified atom stereocenters. The molecule has 126 valence electrons. The lowest BCUT2D eigenvalue weighted by Gasteiger charge is -2.26. The first kappa shape index (κ1) is 16.6. The highest BCUT2D eigenvalue weighted by Crippen LogP contribution is 2.29. The van der Waals surface area contributed by atoms with Gasteiger partial charge in [-0.3, -0.25) is 4.79 Å². The van der Waals surface area contributed by atoms with Crippen molar-refractivity contribution in [3.05, 3.63) is 64.7 Å². The van der Waals surface area contributed by atoms with Gasteiger partial charge in [-0.25, -0.2) is 0 Å². The zero-order chi connectivity index (χ0) is 16.9. The number of fused-ring (bicyclic) bond motifs is 1. The van der Waals surface area contributed by atoms with E-state index in [2.05, 4.69) is 42.6 Å². The van der Waals surface area contributed by atoms with Crippen LogP contribution in [0.2, 0.25) is 0 Å². The fraction of sp³-hybridized carbons (Fsp3) is 0.381. The third kappa shape index (κ3) is 3.78. The molecule has 0 aliphatic heterocycles. The molecule has 2 aromatic rings. The van der Waals surface area contributed by atoms with E-state index in [4.69, 9.17) is 4.74 Å². The van der Waals surface area contributed by atoms with Crippen LogP contribution in [0.4, 0.5) is 0 Å². The molecule has 0 bridgehead atoms. The highest BCUT2D eigenvalue weighted by molar-refractivity contribution is 5.77. The molecule has 3 heteroatoms. The van der Waals surface area contributed by atoms with E-state index >= 15 is 0 Å². The number of carbonyl (C=O) groups excluding carboxylic acids is 1. The summed E-state index contributed by atoms with van der Waals surface area (Å²) in [6.07, 6.45) is 4.57. The molecule has 0 saturated heterocycles. The van der Waals surface area contributed by atoms with Crippen molar-refractivity contribution in [3.8, 4) is 5.75 Å². The predicted molar refractivity (Wildman–Crippen MR) is 96.3 cm³/mol. The van der Waals surface area contributed by atoms with E-state index in [1.807, 2.05) is 12.1 Å². The Bertz CT molecular complexity index is 724. The topological polar surface area (TPSA) is 38.3 Å². The Kier molecular flexibility index (Phi) is 5.19. The van der Waals surface area contributed by atoms with Crippen LogP contribution in [0.1, 0.15) is 47.6 Å². The van der Waals surface area contributed by atoms with Crippen molar-refractivity contribution < 1.29 is 9.53 Å². The molecule has 1 N–H and O–H groups in total. The van der Waals surface area contributed by atoms with Gasteiger partial charge in [0.2, 0.25) is 5.91 Å². The van der Waals surface area contributed by atoms with Crippen molar-refractivity contribution in [3.63, 3.8) is 0 Å². The Morgan fingerprint density at radius 1 is 1.25 bits per heavy atom. The predicted octanol–water partition coefficient (Wildman–Crippen LogP) is 4.13. The highest BCUT2D eigenvalue weighted by atomic mass is 16.5. The van der Waals surface area contributed by atoms with Gasteiger partial charge in [-0.1, -0.05) is 30.3 Å². The molecule has 3 rings (SSSR count). The minimum Gasteiger partial charge on any atom is -0.497 e. The summed E-state index contributed by atoms with van der Waals surface area (Å²) in [5.41, 5.74) is 5.04. The van der Waals surface area contributed by atoms with Crippen molar-refractivity contribution >= 4 is 5.91 Å². The Hall–Kier alpha value is -2.29. The number of hydrogen-bond donors (Lipinski definition) is 1. The van der Waals surface area contributed by atoms with Crippen LogP contribution in [0.5, 0.6) is 5.75 Å². The average Bonchev–Trinajstić information content (AvgIpc) is 2.61. The lowest BCUT2D eigenvalue weighted by atomic mass is 9.87. The van der Waals surface area contributed by atoms with E-state index in [0.717, 1.165) is 31.4 Å². The van der Waals surface area contributed by atoms with E-state index in [1.165, 1.54) is 22.3 Å². The molecule has 0 saturated carbocycles. The van der Waals surface area contributed by atoms with Crippen LogP contribution < -0.4 is 10.1 Å². The minimum absolute atomic E-state index is 0.131. The molecule has 1 amide bonds. The molecule has 0 fully saturated rings. The highest BCUT2D eigenvalue weighted by Gasteiger charge is 2.21. The molecular weight excluding hydrogens is 298 g/mol. The molecule has 24 heavy (non-hydrogen) atoms. The summed E-state index contributed by atoms with van der Waals surface area (Å²) in [7, 11) is 1.67. The summed E-state index contributed by atoms with van der Waals surface area (Å²) < 4.78 is 5.23. The van der Waals surface area contributed by atoms with Gasteiger partial charge in [-0.05, 0) is 67.0 Å². The first-order valence-corrected chi connectivity index (χ1v) is 8.68. The maximum atomic E-state index is 12.4. The van der Waals surface area contributed by atoms with E-state index in [-0.39, 0.29) is 11.9 Å². The second-order valence-corrected chi connectivity index (χ2v) is 6.50. The number of rotatable bonds is 5. The van der Waals surface area contributed by atoms with Crippen molar-refractivity contribution in [2.45, 2.75) is 45.1 Å². The number of aryl methyl sites for hydroxylation is 3. The van der Waals surface area contributed by atoms with Gasteiger partial charge in [-0.2, -0.15) is 0 Å². The molecule has 3 nitrogen and oxygen atoms in total. The molecule has 0 aromatic heterocycles. The number of carbonyl (C=O) groups is 1. The van der Waals surface area contributed by atoms with Crippen molar-refractivity contribution in [1.29, 1.82) is 0 Å². The van der Waals surface area contributed by atoms with Gasteiger partial charge in [0.1, 0.15) is 5.75 Å². The van der Waals surface area contributed by atoms with Crippen molar-refractivity contribution in [1.82, 2.24) is 5.32 Å². The fourth-order valence-electron chi connectivity index (χ4n) is 3.49. The van der Waals surface area contributed by atoms with Crippen molar-refractivity contribution in [2.24, 2.45) is 0 Å². The van der Waals surface area contributed by atoms with Gasteiger partial charge in [0, 0.05) is 6.42 Å².